The average Bonchev–Trinajstić information content (AvgIpc) is 2.50. The molecule has 0 atom stereocenters. The van der Waals surface area contributed by atoms with Crippen LogP contribution in [0.1, 0.15) is 12.5 Å². The fourth-order valence-electron chi connectivity index (χ4n) is 2.32. The zero-order valence-corrected chi connectivity index (χ0v) is 12.2. The summed E-state index contributed by atoms with van der Waals surface area (Å²) in [5.74, 6) is 0.248. The van der Waals surface area contributed by atoms with E-state index in [2.05, 4.69) is 5.32 Å². The predicted octanol–water partition coefficient (Wildman–Crippen LogP) is 0.808. The summed E-state index contributed by atoms with van der Waals surface area (Å²) in [6, 6.07) is 6.59. The van der Waals surface area contributed by atoms with Gasteiger partial charge in [0.2, 0.25) is 5.91 Å². The van der Waals surface area contributed by atoms with E-state index in [0.717, 1.165) is 5.56 Å². The molecule has 1 saturated heterocycles. The second kappa shape index (κ2) is 6.97. The molecule has 2 rings (SSSR count). The van der Waals surface area contributed by atoms with Crippen molar-refractivity contribution in [2.45, 2.75) is 13.3 Å². The number of piperazine rings is 1. The minimum absolute atomic E-state index is 0.0521. The third kappa shape index (κ3) is 4.11. The van der Waals surface area contributed by atoms with Crippen molar-refractivity contribution in [3.05, 3.63) is 29.8 Å². The molecule has 0 aromatic heterocycles. The van der Waals surface area contributed by atoms with Crippen molar-refractivity contribution in [3.63, 3.8) is 0 Å². The molecule has 21 heavy (non-hydrogen) atoms. The lowest BCUT2D eigenvalue weighted by Crippen LogP contribution is -2.53. The summed E-state index contributed by atoms with van der Waals surface area (Å²) >= 11 is 0. The van der Waals surface area contributed by atoms with E-state index >= 15 is 0 Å². The van der Waals surface area contributed by atoms with Gasteiger partial charge in [-0.2, -0.15) is 0 Å². The Morgan fingerprint density at radius 3 is 2.24 bits per heavy atom. The molecule has 0 bridgehead atoms. The van der Waals surface area contributed by atoms with Crippen LogP contribution in [0.25, 0.3) is 0 Å². The van der Waals surface area contributed by atoms with Crippen LogP contribution < -0.4 is 5.32 Å². The maximum Gasteiger partial charge on any atom is 0.317 e. The number of hydrogen-bond acceptors (Lipinski definition) is 3. The summed E-state index contributed by atoms with van der Waals surface area (Å²) in [6.45, 7) is 4.75. The normalized spacial score (nSPS) is 14.9. The number of nitrogens with one attached hydrogen (secondary N) is 1. The number of nitrogens with zero attached hydrogens (tertiary/aromatic N) is 2. The lowest BCUT2D eigenvalue weighted by atomic mass is 10.1. The van der Waals surface area contributed by atoms with Crippen molar-refractivity contribution in [2.24, 2.45) is 0 Å². The van der Waals surface area contributed by atoms with Crippen LogP contribution in [0.4, 0.5) is 4.79 Å². The standard InChI is InChI=1S/C15H21N3O3/c1-2-16-15(21)18-9-7-17(8-10-18)14(20)11-12-3-5-13(19)6-4-12/h3-6,19H,2,7-11H2,1H3,(H,16,21). The second-order valence-corrected chi connectivity index (χ2v) is 5.05. The Bertz CT molecular complexity index is 493. The molecule has 1 aliphatic heterocycles. The number of benzene rings is 1. The summed E-state index contributed by atoms with van der Waals surface area (Å²) < 4.78 is 0. The van der Waals surface area contributed by atoms with Crippen molar-refractivity contribution in [1.82, 2.24) is 15.1 Å². The first kappa shape index (κ1) is 15.2. The highest BCUT2D eigenvalue weighted by Gasteiger charge is 2.23. The molecule has 0 unspecified atom stereocenters. The lowest BCUT2D eigenvalue weighted by Gasteiger charge is -2.34. The van der Waals surface area contributed by atoms with E-state index in [1.54, 1.807) is 34.1 Å². The molecular formula is C15H21N3O3. The predicted molar refractivity (Wildman–Crippen MR) is 79.0 cm³/mol. The molecule has 0 spiro atoms. The first-order chi connectivity index (χ1) is 10.1. The number of rotatable bonds is 3. The van der Waals surface area contributed by atoms with Gasteiger partial charge in [0.1, 0.15) is 5.75 Å². The van der Waals surface area contributed by atoms with Crippen LogP contribution in [0.3, 0.4) is 0 Å². The Morgan fingerprint density at radius 2 is 1.67 bits per heavy atom. The highest BCUT2D eigenvalue weighted by atomic mass is 16.3. The number of carbonyl (C=O) groups excluding carboxylic acids is 2. The zero-order chi connectivity index (χ0) is 15.2. The number of phenolic OH excluding ortho intramolecular Hbond substituents is 1. The molecule has 1 aliphatic rings. The van der Waals surface area contributed by atoms with Crippen molar-refractivity contribution >= 4 is 11.9 Å². The van der Waals surface area contributed by atoms with Crippen LogP contribution in [0.2, 0.25) is 0 Å². The number of phenols is 1. The van der Waals surface area contributed by atoms with Gasteiger partial charge in [-0.05, 0) is 24.6 Å². The molecule has 6 nitrogen and oxygen atoms in total. The summed E-state index contributed by atoms with van der Waals surface area (Å²) in [5, 5.41) is 12.0. The van der Waals surface area contributed by atoms with Gasteiger partial charge in [-0.3, -0.25) is 4.79 Å². The highest BCUT2D eigenvalue weighted by molar-refractivity contribution is 5.79. The van der Waals surface area contributed by atoms with Crippen molar-refractivity contribution in [3.8, 4) is 5.75 Å². The summed E-state index contributed by atoms with van der Waals surface area (Å²) in [7, 11) is 0. The Hall–Kier alpha value is -2.24. The summed E-state index contributed by atoms with van der Waals surface area (Å²) in [5.41, 5.74) is 0.879. The van der Waals surface area contributed by atoms with Gasteiger partial charge in [0.25, 0.3) is 0 Å². The van der Waals surface area contributed by atoms with Crippen LogP contribution in [0, 0.1) is 0 Å². The van der Waals surface area contributed by atoms with Crippen molar-refractivity contribution < 1.29 is 14.7 Å². The van der Waals surface area contributed by atoms with E-state index in [1.807, 2.05) is 6.92 Å². The van der Waals surface area contributed by atoms with E-state index in [0.29, 0.717) is 39.1 Å². The van der Waals surface area contributed by atoms with Gasteiger partial charge in [0, 0.05) is 32.7 Å². The molecule has 0 aliphatic carbocycles. The van der Waals surface area contributed by atoms with Gasteiger partial charge in [-0.1, -0.05) is 12.1 Å². The van der Waals surface area contributed by atoms with Crippen LogP contribution in [-0.4, -0.2) is 59.6 Å². The molecule has 1 aromatic rings. The molecule has 0 saturated carbocycles. The van der Waals surface area contributed by atoms with Gasteiger partial charge < -0.3 is 20.2 Å². The number of carbonyl (C=O) groups is 2. The molecular weight excluding hydrogens is 270 g/mol. The van der Waals surface area contributed by atoms with Gasteiger partial charge in [0.15, 0.2) is 0 Å². The van der Waals surface area contributed by atoms with Gasteiger partial charge in [-0.15, -0.1) is 0 Å². The Labute approximate surface area is 124 Å². The van der Waals surface area contributed by atoms with E-state index in [4.69, 9.17) is 0 Å². The third-order valence-electron chi connectivity index (χ3n) is 3.54. The van der Waals surface area contributed by atoms with Gasteiger partial charge in [0.05, 0.1) is 6.42 Å². The van der Waals surface area contributed by atoms with E-state index in [9.17, 15) is 14.7 Å². The van der Waals surface area contributed by atoms with Crippen molar-refractivity contribution in [2.75, 3.05) is 32.7 Å². The SMILES string of the molecule is CCNC(=O)N1CCN(C(=O)Cc2ccc(O)cc2)CC1. The minimum Gasteiger partial charge on any atom is -0.508 e. The van der Waals surface area contributed by atoms with Crippen molar-refractivity contribution in [1.29, 1.82) is 0 Å². The average molecular weight is 291 g/mol. The second-order valence-electron chi connectivity index (χ2n) is 5.05. The molecule has 114 valence electrons. The largest absolute Gasteiger partial charge is 0.508 e. The van der Waals surface area contributed by atoms with Crippen LogP contribution in [-0.2, 0) is 11.2 Å². The first-order valence-corrected chi connectivity index (χ1v) is 7.18. The molecule has 3 amide bonds. The highest BCUT2D eigenvalue weighted by Crippen LogP contribution is 2.12. The van der Waals surface area contributed by atoms with Crippen LogP contribution >= 0.6 is 0 Å². The van der Waals surface area contributed by atoms with Crippen LogP contribution in [0.15, 0.2) is 24.3 Å². The fourth-order valence-corrected chi connectivity index (χ4v) is 2.32. The summed E-state index contributed by atoms with van der Waals surface area (Å²) in [6.07, 6.45) is 0.321. The van der Waals surface area contributed by atoms with E-state index in [1.165, 1.54) is 0 Å². The first-order valence-electron chi connectivity index (χ1n) is 7.18. The smallest absolute Gasteiger partial charge is 0.317 e. The maximum atomic E-state index is 12.2. The molecule has 2 N–H and O–H groups in total. The lowest BCUT2D eigenvalue weighted by molar-refractivity contribution is -0.131. The molecule has 1 aromatic carbocycles. The maximum absolute atomic E-state index is 12.2. The summed E-state index contributed by atoms with van der Waals surface area (Å²) in [4.78, 5) is 27.4. The number of aromatic hydroxyl groups is 1. The molecule has 6 heteroatoms. The minimum atomic E-state index is -0.0665. The quantitative estimate of drug-likeness (QED) is 0.865. The van der Waals surface area contributed by atoms with Crippen LogP contribution in [0.5, 0.6) is 5.75 Å². The van der Waals surface area contributed by atoms with E-state index in [-0.39, 0.29) is 17.7 Å². The number of amides is 3. The van der Waals surface area contributed by atoms with E-state index < -0.39 is 0 Å². The number of hydrogen-bond donors (Lipinski definition) is 2. The fraction of sp³-hybridized carbons (Fsp3) is 0.467. The monoisotopic (exact) mass is 291 g/mol. The number of urea groups is 1. The van der Waals surface area contributed by atoms with Gasteiger partial charge in [-0.25, -0.2) is 4.79 Å². The Morgan fingerprint density at radius 1 is 1.10 bits per heavy atom. The Balaban J connectivity index is 1.83. The van der Waals surface area contributed by atoms with Gasteiger partial charge >= 0.3 is 6.03 Å². The molecule has 0 radical (unpaired) electrons. The topological polar surface area (TPSA) is 72.9 Å². The third-order valence-corrected chi connectivity index (χ3v) is 3.54. The Kier molecular flexibility index (Phi) is 5.03. The zero-order valence-electron chi connectivity index (χ0n) is 12.2. The molecule has 1 heterocycles. The molecule has 1 fully saturated rings.